The third kappa shape index (κ3) is 2.78. The van der Waals surface area contributed by atoms with E-state index in [0.717, 1.165) is 23.3 Å². The normalized spacial score (nSPS) is 12.7. The Labute approximate surface area is 167 Å². The van der Waals surface area contributed by atoms with E-state index in [9.17, 15) is 18.0 Å². The van der Waals surface area contributed by atoms with Gasteiger partial charge < -0.3 is 5.32 Å². The maximum atomic E-state index is 13.0. The molecule has 0 atom stereocenters. The lowest BCUT2D eigenvalue weighted by atomic mass is 10.0. The van der Waals surface area contributed by atoms with Gasteiger partial charge in [0.1, 0.15) is 5.69 Å². The Morgan fingerprint density at radius 2 is 1.80 bits per heavy atom. The van der Waals surface area contributed by atoms with Crippen molar-refractivity contribution in [2.45, 2.75) is 13.1 Å². The van der Waals surface area contributed by atoms with Crippen molar-refractivity contribution in [3.8, 4) is 11.1 Å². The molecule has 3 aromatic heterocycles. The standard InChI is InChI=1S/C21H12F3N5O/c1-10-15(3-2-6-25-10)28-11-4-5-16-12(7-11)17-13-8-27-20(21(22,23)24)29-18(13)19(30)14(17)9-26-16/h2-9,28H,1H3. The van der Waals surface area contributed by atoms with Crippen LogP contribution in [0, 0.1) is 6.92 Å². The number of alkyl halides is 3. The predicted molar refractivity (Wildman–Crippen MR) is 103 cm³/mol. The average molecular weight is 407 g/mol. The maximum absolute atomic E-state index is 13.0. The van der Waals surface area contributed by atoms with E-state index in [2.05, 4.69) is 25.3 Å². The minimum Gasteiger partial charge on any atom is -0.354 e. The molecule has 0 saturated carbocycles. The summed E-state index contributed by atoms with van der Waals surface area (Å²) in [7, 11) is 0. The summed E-state index contributed by atoms with van der Waals surface area (Å²) in [5.74, 6) is -1.93. The highest BCUT2D eigenvalue weighted by atomic mass is 19.4. The zero-order chi connectivity index (χ0) is 21.0. The lowest BCUT2D eigenvalue weighted by molar-refractivity contribution is -0.145. The summed E-state index contributed by atoms with van der Waals surface area (Å²) in [6, 6.07) is 9.09. The number of pyridine rings is 2. The summed E-state index contributed by atoms with van der Waals surface area (Å²) in [6.07, 6.45) is -0.620. The van der Waals surface area contributed by atoms with Crippen molar-refractivity contribution in [3.05, 3.63) is 71.7 Å². The quantitative estimate of drug-likeness (QED) is 0.457. The fourth-order valence-electron chi connectivity index (χ4n) is 3.51. The van der Waals surface area contributed by atoms with Gasteiger partial charge in [-0.15, -0.1) is 0 Å². The third-order valence-electron chi connectivity index (χ3n) is 4.93. The van der Waals surface area contributed by atoms with Crippen molar-refractivity contribution < 1.29 is 18.0 Å². The van der Waals surface area contributed by atoms with Gasteiger partial charge in [0.05, 0.1) is 22.5 Å². The average Bonchev–Trinajstić information content (AvgIpc) is 3.01. The molecule has 0 radical (unpaired) electrons. The van der Waals surface area contributed by atoms with E-state index in [1.54, 1.807) is 24.4 Å². The summed E-state index contributed by atoms with van der Waals surface area (Å²) < 4.78 is 39.0. The van der Waals surface area contributed by atoms with Gasteiger partial charge in [-0.05, 0) is 37.3 Å². The second-order valence-electron chi connectivity index (χ2n) is 6.82. The highest BCUT2D eigenvalue weighted by Crippen LogP contribution is 2.41. The summed E-state index contributed by atoms with van der Waals surface area (Å²) in [5.41, 5.74) is 3.65. The molecule has 9 heteroatoms. The van der Waals surface area contributed by atoms with Crippen LogP contribution in [0.15, 0.2) is 48.9 Å². The summed E-state index contributed by atoms with van der Waals surface area (Å²) in [4.78, 5) is 28.2. The second-order valence-corrected chi connectivity index (χ2v) is 6.82. The molecule has 1 N–H and O–H groups in total. The van der Waals surface area contributed by atoms with Crippen molar-refractivity contribution in [3.63, 3.8) is 0 Å². The highest BCUT2D eigenvalue weighted by molar-refractivity contribution is 6.24. The number of carbonyl (C=O) groups is 1. The van der Waals surface area contributed by atoms with E-state index in [4.69, 9.17) is 0 Å². The largest absolute Gasteiger partial charge is 0.451 e. The van der Waals surface area contributed by atoms with Crippen LogP contribution >= 0.6 is 0 Å². The Bertz CT molecular complexity index is 1350. The number of carbonyl (C=O) groups excluding carboxylic acids is 1. The number of anilines is 2. The number of rotatable bonds is 2. The van der Waals surface area contributed by atoms with Gasteiger partial charge in [-0.3, -0.25) is 14.8 Å². The van der Waals surface area contributed by atoms with Crippen molar-refractivity contribution in [1.82, 2.24) is 19.9 Å². The molecule has 30 heavy (non-hydrogen) atoms. The molecule has 0 unspecified atom stereocenters. The van der Waals surface area contributed by atoms with Crippen LogP contribution in [0.25, 0.3) is 22.0 Å². The van der Waals surface area contributed by atoms with Crippen molar-refractivity contribution in [1.29, 1.82) is 0 Å². The minimum atomic E-state index is -4.73. The maximum Gasteiger partial charge on any atom is 0.451 e. The van der Waals surface area contributed by atoms with Gasteiger partial charge in [0, 0.05) is 40.8 Å². The fourth-order valence-corrected chi connectivity index (χ4v) is 3.51. The van der Waals surface area contributed by atoms with Gasteiger partial charge in [0.15, 0.2) is 0 Å². The molecule has 148 valence electrons. The molecule has 4 aromatic rings. The van der Waals surface area contributed by atoms with E-state index in [0.29, 0.717) is 16.5 Å². The molecule has 0 bridgehead atoms. The van der Waals surface area contributed by atoms with Crippen molar-refractivity contribution in [2.75, 3.05) is 5.32 Å². The molecule has 1 aliphatic rings. The van der Waals surface area contributed by atoms with Gasteiger partial charge in [0.25, 0.3) is 0 Å². The molecule has 1 aromatic carbocycles. The van der Waals surface area contributed by atoms with Gasteiger partial charge in [0.2, 0.25) is 11.6 Å². The van der Waals surface area contributed by atoms with Crippen LogP contribution in [0.3, 0.4) is 0 Å². The van der Waals surface area contributed by atoms with Gasteiger partial charge in [-0.2, -0.15) is 13.2 Å². The Balaban J connectivity index is 1.67. The predicted octanol–water partition coefficient (Wildman–Crippen LogP) is 4.70. The number of nitrogens with one attached hydrogen (secondary N) is 1. The number of hydrogen-bond acceptors (Lipinski definition) is 6. The van der Waals surface area contributed by atoms with Crippen LogP contribution in [0.2, 0.25) is 0 Å². The number of aryl methyl sites for hydroxylation is 1. The Kier molecular flexibility index (Phi) is 3.82. The smallest absolute Gasteiger partial charge is 0.354 e. The van der Waals surface area contributed by atoms with Gasteiger partial charge >= 0.3 is 6.18 Å². The van der Waals surface area contributed by atoms with Crippen molar-refractivity contribution in [2.24, 2.45) is 0 Å². The molecular formula is C21H12F3N5O. The summed E-state index contributed by atoms with van der Waals surface area (Å²) in [5, 5.41) is 3.88. The molecule has 1 aliphatic carbocycles. The van der Waals surface area contributed by atoms with Crippen LogP contribution in [0.5, 0.6) is 0 Å². The van der Waals surface area contributed by atoms with Crippen molar-refractivity contribution >= 4 is 28.1 Å². The number of aromatic nitrogens is 4. The Morgan fingerprint density at radius 1 is 1.00 bits per heavy atom. The number of benzene rings is 1. The molecule has 0 fully saturated rings. The first kappa shape index (κ1) is 18.2. The van der Waals surface area contributed by atoms with Crippen LogP contribution in [0.4, 0.5) is 24.5 Å². The molecule has 0 saturated heterocycles. The Morgan fingerprint density at radius 3 is 2.57 bits per heavy atom. The lowest BCUT2D eigenvalue weighted by Crippen LogP contribution is -2.13. The van der Waals surface area contributed by atoms with E-state index in [-0.39, 0.29) is 16.8 Å². The monoisotopic (exact) mass is 407 g/mol. The van der Waals surface area contributed by atoms with Crippen LogP contribution in [0.1, 0.15) is 27.6 Å². The lowest BCUT2D eigenvalue weighted by Gasteiger charge is -2.11. The Hall–Kier alpha value is -3.88. The number of ketones is 1. The van der Waals surface area contributed by atoms with E-state index >= 15 is 0 Å². The molecule has 0 spiro atoms. The second kappa shape index (κ2) is 6.31. The SMILES string of the molecule is Cc1ncccc1Nc1ccc2ncc3c(c2c1)-c1cnc(C(F)(F)F)nc1C3=O. The van der Waals surface area contributed by atoms with Crippen LogP contribution in [-0.2, 0) is 6.18 Å². The summed E-state index contributed by atoms with van der Waals surface area (Å²) >= 11 is 0. The van der Waals surface area contributed by atoms with Crippen LogP contribution < -0.4 is 5.32 Å². The number of fused-ring (bicyclic) bond motifs is 5. The molecule has 6 nitrogen and oxygen atoms in total. The van der Waals surface area contributed by atoms with E-state index in [1.165, 1.54) is 6.20 Å². The van der Waals surface area contributed by atoms with Crippen LogP contribution in [-0.4, -0.2) is 25.7 Å². The number of halogens is 3. The topological polar surface area (TPSA) is 80.7 Å². The van der Waals surface area contributed by atoms with E-state index in [1.807, 2.05) is 19.1 Å². The first-order valence-corrected chi connectivity index (χ1v) is 8.93. The third-order valence-corrected chi connectivity index (χ3v) is 4.93. The zero-order valence-corrected chi connectivity index (χ0v) is 15.4. The number of hydrogen-bond donors (Lipinski definition) is 1. The number of nitrogens with zero attached hydrogens (tertiary/aromatic N) is 4. The summed E-state index contributed by atoms with van der Waals surface area (Å²) in [6.45, 7) is 1.87. The molecule has 5 rings (SSSR count). The minimum absolute atomic E-state index is 0.209. The molecular weight excluding hydrogens is 395 g/mol. The highest BCUT2D eigenvalue weighted by Gasteiger charge is 2.38. The molecule has 0 amide bonds. The van der Waals surface area contributed by atoms with Gasteiger partial charge in [-0.25, -0.2) is 9.97 Å². The zero-order valence-electron chi connectivity index (χ0n) is 15.4. The first-order valence-electron chi connectivity index (χ1n) is 8.93. The fraction of sp³-hybridized carbons (Fsp3) is 0.0952. The van der Waals surface area contributed by atoms with Gasteiger partial charge in [-0.1, -0.05) is 0 Å². The molecule has 0 aliphatic heterocycles. The first-order chi connectivity index (χ1) is 14.3. The molecule has 3 heterocycles. The van der Waals surface area contributed by atoms with E-state index < -0.39 is 17.8 Å².